The van der Waals surface area contributed by atoms with E-state index in [-0.39, 0.29) is 12.4 Å². The number of aromatic nitrogens is 5. The Labute approximate surface area is 196 Å². The van der Waals surface area contributed by atoms with E-state index in [1.165, 1.54) is 0 Å². The second-order valence-electron chi connectivity index (χ2n) is 6.99. The van der Waals surface area contributed by atoms with Gasteiger partial charge in [0.25, 0.3) is 0 Å². The molecule has 6 nitrogen and oxygen atoms in total. The van der Waals surface area contributed by atoms with Crippen LogP contribution in [0.1, 0.15) is 25.2 Å². The maximum Gasteiger partial charge on any atom is 0.205 e. The Morgan fingerprint density at radius 2 is 1.68 bits per heavy atom. The Kier molecular flexibility index (Phi) is 7.41. The molecule has 0 aliphatic heterocycles. The lowest BCUT2D eigenvalue weighted by Gasteiger charge is -2.23. The minimum absolute atomic E-state index is 0. The van der Waals surface area contributed by atoms with Gasteiger partial charge in [0.1, 0.15) is 0 Å². The van der Waals surface area contributed by atoms with Gasteiger partial charge in [0, 0.05) is 24.0 Å². The van der Waals surface area contributed by atoms with Crippen molar-refractivity contribution in [2.75, 3.05) is 11.9 Å². The monoisotopic (exact) mass is 498 g/mol. The maximum absolute atomic E-state index is 4.74. The van der Waals surface area contributed by atoms with Crippen molar-refractivity contribution in [1.82, 2.24) is 25.6 Å². The molecule has 0 saturated carbocycles. The highest BCUT2D eigenvalue weighted by atomic mass is 79.9. The number of benzene rings is 2. The summed E-state index contributed by atoms with van der Waals surface area (Å²) in [7, 11) is 2.08. The molecule has 0 atom stereocenters. The van der Waals surface area contributed by atoms with Crippen LogP contribution in [0.15, 0.2) is 59.1 Å². The number of aromatic amines is 1. The number of rotatable bonds is 6. The van der Waals surface area contributed by atoms with Crippen LogP contribution in [0.5, 0.6) is 0 Å². The fourth-order valence-corrected chi connectivity index (χ4v) is 4.24. The summed E-state index contributed by atoms with van der Waals surface area (Å²) in [6, 6.07) is 18.8. The summed E-state index contributed by atoms with van der Waals surface area (Å²) < 4.78 is 1.05. The van der Waals surface area contributed by atoms with Gasteiger partial charge >= 0.3 is 0 Å². The van der Waals surface area contributed by atoms with Crippen molar-refractivity contribution in [2.45, 2.75) is 26.7 Å². The second kappa shape index (κ2) is 10.0. The van der Waals surface area contributed by atoms with Crippen LogP contribution >= 0.6 is 28.3 Å². The SMILES string of the molecule is CCc1cc(N(C)c2ccc(-c3ccccc3-c3nn[nH]n3)cc2)c(Br)c(CC)n1.Cl. The topological polar surface area (TPSA) is 70.6 Å². The molecule has 31 heavy (non-hydrogen) atoms. The number of hydrogen-bond donors (Lipinski definition) is 1. The van der Waals surface area contributed by atoms with E-state index >= 15 is 0 Å². The van der Waals surface area contributed by atoms with Crippen LogP contribution < -0.4 is 4.90 Å². The molecule has 0 aliphatic carbocycles. The van der Waals surface area contributed by atoms with Crippen molar-refractivity contribution < 1.29 is 0 Å². The molecule has 0 spiro atoms. The molecular weight excluding hydrogens is 476 g/mol. The number of nitrogens with one attached hydrogen (secondary N) is 1. The third-order valence-corrected chi connectivity index (χ3v) is 6.06. The Balaban J connectivity index is 0.00000272. The minimum Gasteiger partial charge on any atom is -0.344 e. The third kappa shape index (κ3) is 4.62. The van der Waals surface area contributed by atoms with Crippen molar-refractivity contribution in [3.8, 4) is 22.5 Å². The Morgan fingerprint density at radius 1 is 0.968 bits per heavy atom. The molecule has 0 saturated heterocycles. The van der Waals surface area contributed by atoms with Gasteiger partial charge in [-0.3, -0.25) is 4.98 Å². The molecular formula is C23H24BrClN6. The molecule has 2 aromatic carbocycles. The standard InChI is InChI=1S/C23H23BrN6.ClH/c1-4-16-14-21(22(24)20(5-2)25-16)30(3)17-12-10-15(11-13-17)18-8-6-7-9-19(18)23-26-28-29-27-23;/h6-14H,4-5H2,1-3H3,(H,26,27,28,29);1H. The molecule has 160 valence electrons. The summed E-state index contributed by atoms with van der Waals surface area (Å²) in [5.74, 6) is 0.590. The van der Waals surface area contributed by atoms with Crippen LogP contribution in [0.4, 0.5) is 11.4 Å². The number of nitrogens with zero attached hydrogens (tertiary/aromatic N) is 5. The zero-order chi connectivity index (χ0) is 21.1. The molecule has 0 amide bonds. The Hall–Kier alpha value is -2.77. The summed E-state index contributed by atoms with van der Waals surface area (Å²) in [6.07, 6.45) is 1.80. The van der Waals surface area contributed by atoms with Crippen LogP contribution in [-0.2, 0) is 12.8 Å². The number of halogens is 2. The van der Waals surface area contributed by atoms with Crippen LogP contribution in [0.2, 0.25) is 0 Å². The van der Waals surface area contributed by atoms with Gasteiger partial charge in [-0.25, -0.2) is 0 Å². The third-order valence-electron chi connectivity index (χ3n) is 5.20. The van der Waals surface area contributed by atoms with Crippen molar-refractivity contribution >= 4 is 39.7 Å². The molecule has 4 aromatic rings. The number of anilines is 2. The van der Waals surface area contributed by atoms with Gasteiger partial charge < -0.3 is 4.90 Å². The van der Waals surface area contributed by atoms with Crippen molar-refractivity contribution in [2.24, 2.45) is 0 Å². The van der Waals surface area contributed by atoms with Gasteiger partial charge in [-0.1, -0.05) is 50.2 Å². The molecule has 0 bridgehead atoms. The molecule has 2 heterocycles. The summed E-state index contributed by atoms with van der Waals surface area (Å²) in [6.45, 7) is 4.27. The van der Waals surface area contributed by atoms with Crippen LogP contribution in [0.25, 0.3) is 22.5 Å². The number of hydrogen-bond acceptors (Lipinski definition) is 5. The lowest BCUT2D eigenvalue weighted by molar-refractivity contribution is 0.881. The van der Waals surface area contributed by atoms with Gasteiger partial charge in [-0.15, -0.1) is 22.6 Å². The predicted molar refractivity (Wildman–Crippen MR) is 131 cm³/mol. The lowest BCUT2D eigenvalue weighted by Crippen LogP contribution is -2.12. The van der Waals surface area contributed by atoms with E-state index in [9.17, 15) is 0 Å². The van der Waals surface area contributed by atoms with Gasteiger partial charge in [0.15, 0.2) is 0 Å². The van der Waals surface area contributed by atoms with Gasteiger partial charge in [0.2, 0.25) is 5.82 Å². The van der Waals surface area contributed by atoms with Gasteiger partial charge in [-0.2, -0.15) is 5.21 Å². The highest BCUT2D eigenvalue weighted by Crippen LogP contribution is 2.36. The first kappa shape index (κ1) is 22.9. The van der Waals surface area contributed by atoms with E-state index in [1.807, 2.05) is 18.2 Å². The summed E-state index contributed by atoms with van der Waals surface area (Å²) in [5.41, 5.74) is 7.53. The zero-order valence-corrected chi connectivity index (χ0v) is 20.0. The van der Waals surface area contributed by atoms with E-state index in [2.05, 4.69) is 98.7 Å². The first-order valence-electron chi connectivity index (χ1n) is 9.97. The molecule has 0 radical (unpaired) electrons. The highest BCUT2D eigenvalue weighted by molar-refractivity contribution is 9.10. The molecule has 1 N–H and O–H groups in total. The predicted octanol–water partition coefficient (Wildman–Crippen LogP) is 6.01. The van der Waals surface area contributed by atoms with E-state index in [0.717, 1.165) is 56.8 Å². The average molecular weight is 500 g/mol. The zero-order valence-electron chi connectivity index (χ0n) is 17.6. The van der Waals surface area contributed by atoms with E-state index in [4.69, 9.17) is 4.98 Å². The minimum atomic E-state index is 0. The summed E-state index contributed by atoms with van der Waals surface area (Å²) in [4.78, 5) is 6.93. The average Bonchev–Trinajstić information content (AvgIpc) is 3.34. The van der Waals surface area contributed by atoms with Crippen molar-refractivity contribution in [3.63, 3.8) is 0 Å². The summed E-state index contributed by atoms with van der Waals surface area (Å²) >= 11 is 3.76. The summed E-state index contributed by atoms with van der Waals surface area (Å²) in [5, 5.41) is 14.5. The fourth-order valence-electron chi connectivity index (χ4n) is 3.49. The van der Waals surface area contributed by atoms with Gasteiger partial charge in [-0.05, 0) is 63.3 Å². The number of tetrazole rings is 1. The number of pyridine rings is 1. The van der Waals surface area contributed by atoms with Crippen LogP contribution in [0.3, 0.4) is 0 Å². The molecule has 4 rings (SSSR count). The lowest BCUT2D eigenvalue weighted by atomic mass is 9.99. The molecule has 8 heteroatoms. The van der Waals surface area contributed by atoms with E-state index in [0.29, 0.717) is 5.82 Å². The number of aryl methyl sites for hydroxylation is 2. The van der Waals surface area contributed by atoms with Crippen LogP contribution in [0, 0.1) is 0 Å². The highest BCUT2D eigenvalue weighted by Gasteiger charge is 2.15. The Morgan fingerprint density at radius 3 is 2.29 bits per heavy atom. The van der Waals surface area contributed by atoms with E-state index in [1.54, 1.807) is 0 Å². The molecule has 0 unspecified atom stereocenters. The normalized spacial score (nSPS) is 10.6. The molecule has 0 aliphatic rings. The van der Waals surface area contributed by atoms with Crippen molar-refractivity contribution in [3.05, 3.63) is 70.5 Å². The first-order chi connectivity index (χ1) is 14.6. The first-order valence-corrected chi connectivity index (χ1v) is 10.8. The van der Waals surface area contributed by atoms with Gasteiger partial charge in [0.05, 0.1) is 15.9 Å². The Bertz CT molecular complexity index is 1150. The van der Waals surface area contributed by atoms with Crippen molar-refractivity contribution in [1.29, 1.82) is 0 Å². The smallest absolute Gasteiger partial charge is 0.205 e. The fraction of sp³-hybridized carbons (Fsp3) is 0.217. The quantitative estimate of drug-likeness (QED) is 0.352. The van der Waals surface area contributed by atoms with E-state index < -0.39 is 0 Å². The second-order valence-corrected chi connectivity index (χ2v) is 7.78. The maximum atomic E-state index is 4.74. The number of H-pyrrole nitrogens is 1. The molecule has 0 fully saturated rings. The molecule has 2 aromatic heterocycles. The largest absolute Gasteiger partial charge is 0.344 e. The van der Waals surface area contributed by atoms with Crippen LogP contribution in [-0.4, -0.2) is 32.7 Å².